The van der Waals surface area contributed by atoms with E-state index in [0.717, 1.165) is 12.8 Å². The molecule has 1 rings (SSSR count). The van der Waals surface area contributed by atoms with Crippen LogP contribution in [0.25, 0.3) is 0 Å². The molecule has 0 aromatic carbocycles. The summed E-state index contributed by atoms with van der Waals surface area (Å²) in [5.74, 6) is -0.119. The molecule has 4 nitrogen and oxygen atoms in total. The van der Waals surface area contributed by atoms with Crippen LogP contribution in [-0.4, -0.2) is 32.3 Å². The molecule has 0 bridgehead atoms. The molecule has 0 amide bonds. The zero-order chi connectivity index (χ0) is 12.3. The van der Waals surface area contributed by atoms with Crippen LogP contribution < -0.4 is 5.73 Å². The molecule has 0 saturated heterocycles. The zero-order valence-electron chi connectivity index (χ0n) is 9.98. The van der Waals surface area contributed by atoms with Gasteiger partial charge in [0.1, 0.15) is 15.6 Å². The SMILES string of the molecule is CC(CN)C(=O)C1CCCC(S(C)(=O)=O)C1. The molecule has 3 unspecified atom stereocenters. The van der Waals surface area contributed by atoms with Crippen molar-refractivity contribution < 1.29 is 13.2 Å². The van der Waals surface area contributed by atoms with E-state index in [1.807, 2.05) is 6.92 Å². The summed E-state index contributed by atoms with van der Waals surface area (Å²) < 4.78 is 22.9. The largest absolute Gasteiger partial charge is 0.330 e. The second-order valence-corrected chi connectivity index (χ2v) is 7.18. The Morgan fingerprint density at radius 3 is 2.56 bits per heavy atom. The Hall–Kier alpha value is -0.420. The van der Waals surface area contributed by atoms with Crippen LogP contribution in [0.15, 0.2) is 0 Å². The topological polar surface area (TPSA) is 77.2 Å². The summed E-state index contributed by atoms with van der Waals surface area (Å²) in [7, 11) is -3.01. The summed E-state index contributed by atoms with van der Waals surface area (Å²) in [6.45, 7) is 2.16. The molecule has 0 aliphatic heterocycles. The van der Waals surface area contributed by atoms with E-state index in [1.165, 1.54) is 6.26 Å². The van der Waals surface area contributed by atoms with Gasteiger partial charge in [-0.25, -0.2) is 8.42 Å². The first kappa shape index (κ1) is 13.6. The van der Waals surface area contributed by atoms with Crippen molar-refractivity contribution in [1.29, 1.82) is 0 Å². The van der Waals surface area contributed by atoms with Gasteiger partial charge in [-0.3, -0.25) is 4.79 Å². The number of Topliss-reactive ketones (excluding diaryl/α,β-unsaturated/α-hetero) is 1. The quantitative estimate of drug-likeness (QED) is 0.795. The molecule has 0 aromatic heterocycles. The molecule has 5 heteroatoms. The number of carbonyl (C=O) groups is 1. The fourth-order valence-corrected chi connectivity index (χ4v) is 3.49. The van der Waals surface area contributed by atoms with Crippen molar-refractivity contribution in [3.8, 4) is 0 Å². The first-order valence-corrected chi connectivity index (χ1v) is 7.74. The smallest absolute Gasteiger partial charge is 0.150 e. The normalized spacial score (nSPS) is 28.7. The Bertz CT molecular complexity index is 350. The molecule has 1 aliphatic rings. The first-order chi connectivity index (χ1) is 7.36. The second kappa shape index (κ2) is 5.27. The lowest BCUT2D eigenvalue weighted by Crippen LogP contribution is -2.35. The average molecular weight is 247 g/mol. The van der Waals surface area contributed by atoms with E-state index >= 15 is 0 Å². The number of nitrogens with two attached hydrogens (primary N) is 1. The Morgan fingerprint density at radius 2 is 2.06 bits per heavy atom. The van der Waals surface area contributed by atoms with Crippen LogP contribution in [0.1, 0.15) is 32.6 Å². The maximum Gasteiger partial charge on any atom is 0.150 e. The molecule has 0 aromatic rings. The number of ketones is 1. The van der Waals surface area contributed by atoms with Crippen LogP contribution in [0.5, 0.6) is 0 Å². The van der Waals surface area contributed by atoms with Crippen molar-refractivity contribution in [2.45, 2.75) is 37.9 Å². The highest BCUT2D eigenvalue weighted by molar-refractivity contribution is 7.91. The van der Waals surface area contributed by atoms with Gasteiger partial charge in [0, 0.05) is 24.6 Å². The van der Waals surface area contributed by atoms with Gasteiger partial charge in [-0.2, -0.15) is 0 Å². The molecule has 0 radical (unpaired) electrons. The molecule has 2 N–H and O–H groups in total. The van der Waals surface area contributed by atoms with Crippen LogP contribution in [0.2, 0.25) is 0 Å². The van der Waals surface area contributed by atoms with Gasteiger partial charge >= 0.3 is 0 Å². The second-order valence-electron chi connectivity index (χ2n) is 4.85. The molecule has 1 saturated carbocycles. The lowest BCUT2D eigenvalue weighted by Gasteiger charge is -2.28. The zero-order valence-corrected chi connectivity index (χ0v) is 10.8. The lowest BCUT2D eigenvalue weighted by atomic mass is 9.82. The minimum absolute atomic E-state index is 0.105. The molecule has 16 heavy (non-hydrogen) atoms. The van der Waals surface area contributed by atoms with Gasteiger partial charge < -0.3 is 5.73 Å². The highest BCUT2D eigenvalue weighted by atomic mass is 32.2. The fourth-order valence-electron chi connectivity index (χ4n) is 2.31. The van der Waals surface area contributed by atoms with E-state index in [9.17, 15) is 13.2 Å². The summed E-state index contributed by atoms with van der Waals surface area (Å²) in [6.07, 6.45) is 4.08. The number of hydrogen-bond acceptors (Lipinski definition) is 4. The van der Waals surface area contributed by atoms with Crippen LogP contribution >= 0.6 is 0 Å². The fraction of sp³-hybridized carbons (Fsp3) is 0.909. The summed E-state index contributed by atoms with van der Waals surface area (Å²) >= 11 is 0. The minimum atomic E-state index is -3.01. The van der Waals surface area contributed by atoms with E-state index in [0.29, 0.717) is 19.4 Å². The van der Waals surface area contributed by atoms with Gasteiger partial charge in [0.25, 0.3) is 0 Å². The van der Waals surface area contributed by atoms with E-state index in [-0.39, 0.29) is 22.9 Å². The Morgan fingerprint density at radius 1 is 1.44 bits per heavy atom. The average Bonchev–Trinajstić information content (AvgIpc) is 2.26. The van der Waals surface area contributed by atoms with E-state index in [2.05, 4.69) is 0 Å². The number of hydrogen-bond donors (Lipinski definition) is 1. The summed E-state index contributed by atoms with van der Waals surface area (Å²) in [4.78, 5) is 11.9. The number of carbonyl (C=O) groups excluding carboxylic acids is 1. The van der Waals surface area contributed by atoms with Crippen LogP contribution in [0.3, 0.4) is 0 Å². The molecule has 1 aliphatic carbocycles. The van der Waals surface area contributed by atoms with Crippen molar-refractivity contribution in [3.05, 3.63) is 0 Å². The number of rotatable bonds is 4. The van der Waals surface area contributed by atoms with E-state index < -0.39 is 9.84 Å². The molecular formula is C11H21NO3S. The third kappa shape index (κ3) is 3.28. The van der Waals surface area contributed by atoms with Crippen LogP contribution in [0, 0.1) is 11.8 Å². The standard InChI is InChI=1S/C11H21NO3S/c1-8(7-12)11(13)9-4-3-5-10(6-9)16(2,14)15/h8-10H,3-7,12H2,1-2H3. The highest BCUT2D eigenvalue weighted by Crippen LogP contribution is 2.30. The predicted octanol–water partition coefficient (Wildman–Crippen LogP) is 0.754. The predicted molar refractivity (Wildman–Crippen MR) is 63.8 cm³/mol. The lowest BCUT2D eigenvalue weighted by molar-refractivity contribution is -0.126. The molecule has 0 heterocycles. The molecule has 3 atom stereocenters. The molecular weight excluding hydrogens is 226 g/mol. The van der Waals surface area contributed by atoms with Crippen molar-refractivity contribution in [3.63, 3.8) is 0 Å². The summed E-state index contributed by atoms with van der Waals surface area (Å²) in [5, 5.41) is -0.333. The summed E-state index contributed by atoms with van der Waals surface area (Å²) in [5.41, 5.74) is 5.46. The van der Waals surface area contributed by atoms with E-state index in [4.69, 9.17) is 5.73 Å². The van der Waals surface area contributed by atoms with Crippen molar-refractivity contribution in [2.75, 3.05) is 12.8 Å². The van der Waals surface area contributed by atoms with E-state index in [1.54, 1.807) is 0 Å². The van der Waals surface area contributed by atoms with Crippen LogP contribution in [0.4, 0.5) is 0 Å². The van der Waals surface area contributed by atoms with Crippen molar-refractivity contribution in [1.82, 2.24) is 0 Å². The van der Waals surface area contributed by atoms with Crippen molar-refractivity contribution in [2.24, 2.45) is 17.6 Å². The third-order valence-corrected chi connectivity index (χ3v) is 5.11. The van der Waals surface area contributed by atoms with Crippen LogP contribution in [-0.2, 0) is 14.6 Å². The highest BCUT2D eigenvalue weighted by Gasteiger charge is 2.33. The monoisotopic (exact) mass is 247 g/mol. The Kier molecular flexibility index (Phi) is 4.50. The maximum atomic E-state index is 11.9. The van der Waals surface area contributed by atoms with Gasteiger partial charge in [-0.15, -0.1) is 0 Å². The third-order valence-electron chi connectivity index (χ3n) is 3.47. The van der Waals surface area contributed by atoms with Gasteiger partial charge in [0.2, 0.25) is 0 Å². The number of sulfone groups is 1. The summed E-state index contributed by atoms with van der Waals surface area (Å²) in [6, 6.07) is 0. The minimum Gasteiger partial charge on any atom is -0.330 e. The van der Waals surface area contributed by atoms with Gasteiger partial charge in [0.05, 0.1) is 5.25 Å². The molecule has 1 fully saturated rings. The Balaban J connectivity index is 2.68. The first-order valence-electron chi connectivity index (χ1n) is 5.79. The molecule has 94 valence electrons. The van der Waals surface area contributed by atoms with Gasteiger partial charge in [-0.05, 0) is 19.3 Å². The van der Waals surface area contributed by atoms with Crippen molar-refractivity contribution >= 4 is 15.6 Å². The Labute approximate surface area is 97.5 Å². The maximum absolute atomic E-state index is 11.9. The van der Waals surface area contributed by atoms with Gasteiger partial charge in [0.15, 0.2) is 0 Å². The van der Waals surface area contributed by atoms with Gasteiger partial charge in [-0.1, -0.05) is 13.3 Å². The molecule has 0 spiro atoms.